The van der Waals surface area contributed by atoms with Gasteiger partial charge in [0, 0.05) is 6.42 Å². The Labute approximate surface area is 150 Å². The largest absolute Gasteiger partial charge is 0.508 e. The lowest BCUT2D eigenvalue weighted by molar-refractivity contribution is 0.219. The quantitative estimate of drug-likeness (QED) is 0.614. The van der Waals surface area contributed by atoms with E-state index in [1.165, 1.54) is 5.56 Å². The molecule has 5 heteroatoms. The predicted octanol–water partition coefficient (Wildman–Crippen LogP) is 5.31. The van der Waals surface area contributed by atoms with Crippen LogP contribution in [0.4, 0.5) is 0 Å². The van der Waals surface area contributed by atoms with E-state index < -0.39 is 7.60 Å². The number of rotatable bonds is 9. The van der Waals surface area contributed by atoms with E-state index in [1.807, 2.05) is 6.07 Å². The third-order valence-corrected chi connectivity index (χ3v) is 6.05. The lowest BCUT2D eigenvalue weighted by atomic mass is 10.0. The number of phenols is 1. The number of benzene rings is 2. The molecule has 0 unspecified atom stereocenters. The summed E-state index contributed by atoms with van der Waals surface area (Å²) in [6, 6.07) is 13.7. The Hall–Kier alpha value is -1.61. The van der Waals surface area contributed by atoms with Crippen LogP contribution in [-0.2, 0) is 32.6 Å². The SMILES string of the molecule is CCOP(=O)(Cc1ccc(O)c(Cc2ccc(CC)cc2)c1)OCC. The van der Waals surface area contributed by atoms with E-state index in [2.05, 4.69) is 31.2 Å². The molecular formula is C20H27O4P. The van der Waals surface area contributed by atoms with E-state index in [9.17, 15) is 9.67 Å². The molecule has 0 saturated carbocycles. The second-order valence-corrected chi connectivity index (χ2v) is 7.97. The Balaban J connectivity index is 2.19. The number of aromatic hydroxyl groups is 1. The fraction of sp³-hybridized carbons (Fsp3) is 0.400. The van der Waals surface area contributed by atoms with Crippen molar-refractivity contribution in [1.82, 2.24) is 0 Å². The van der Waals surface area contributed by atoms with Gasteiger partial charge in [-0.3, -0.25) is 4.57 Å². The van der Waals surface area contributed by atoms with Crippen molar-refractivity contribution < 1.29 is 18.7 Å². The molecule has 0 saturated heterocycles. The predicted molar refractivity (Wildman–Crippen MR) is 101 cm³/mol. The summed E-state index contributed by atoms with van der Waals surface area (Å²) < 4.78 is 23.4. The van der Waals surface area contributed by atoms with Crippen LogP contribution in [0, 0.1) is 0 Å². The zero-order valence-corrected chi connectivity index (χ0v) is 16.1. The summed E-state index contributed by atoms with van der Waals surface area (Å²) in [6.45, 7) is 6.40. The zero-order chi connectivity index (χ0) is 18.3. The summed E-state index contributed by atoms with van der Waals surface area (Å²) in [5, 5.41) is 10.2. The second kappa shape index (κ2) is 9.19. The monoisotopic (exact) mass is 362 g/mol. The van der Waals surface area contributed by atoms with Crippen molar-refractivity contribution in [2.75, 3.05) is 13.2 Å². The number of phenolic OH excluding ortho intramolecular Hbond substituents is 1. The number of hydrogen-bond acceptors (Lipinski definition) is 4. The molecule has 0 aliphatic rings. The van der Waals surface area contributed by atoms with Gasteiger partial charge in [-0.15, -0.1) is 0 Å². The minimum absolute atomic E-state index is 0.205. The summed E-state index contributed by atoms with van der Waals surface area (Å²) in [4.78, 5) is 0. The molecule has 0 aliphatic carbocycles. The first kappa shape index (κ1) is 19.7. The first-order chi connectivity index (χ1) is 12.0. The molecule has 0 radical (unpaired) electrons. The first-order valence-electron chi connectivity index (χ1n) is 8.76. The van der Waals surface area contributed by atoms with Gasteiger partial charge in [0.15, 0.2) is 0 Å². The van der Waals surface area contributed by atoms with Crippen LogP contribution >= 0.6 is 7.60 Å². The molecular weight excluding hydrogens is 335 g/mol. The highest BCUT2D eigenvalue weighted by atomic mass is 31.2. The van der Waals surface area contributed by atoms with Gasteiger partial charge >= 0.3 is 7.60 Å². The number of hydrogen-bond donors (Lipinski definition) is 1. The molecule has 0 aliphatic heterocycles. The molecule has 0 bridgehead atoms. The van der Waals surface area contributed by atoms with Crippen molar-refractivity contribution >= 4 is 7.60 Å². The van der Waals surface area contributed by atoms with E-state index in [-0.39, 0.29) is 11.9 Å². The summed E-state index contributed by atoms with van der Waals surface area (Å²) >= 11 is 0. The molecule has 4 nitrogen and oxygen atoms in total. The maximum atomic E-state index is 12.7. The molecule has 25 heavy (non-hydrogen) atoms. The van der Waals surface area contributed by atoms with Gasteiger partial charge in [0.05, 0.1) is 19.4 Å². The van der Waals surface area contributed by atoms with Crippen molar-refractivity contribution in [3.63, 3.8) is 0 Å². The molecule has 0 fully saturated rings. The molecule has 0 amide bonds. The van der Waals surface area contributed by atoms with Crippen LogP contribution in [0.1, 0.15) is 43.0 Å². The van der Waals surface area contributed by atoms with Crippen LogP contribution in [0.15, 0.2) is 42.5 Å². The van der Waals surface area contributed by atoms with Crippen LogP contribution < -0.4 is 0 Å². The van der Waals surface area contributed by atoms with Gasteiger partial charge < -0.3 is 14.2 Å². The standard InChI is InChI=1S/C20H27O4P/c1-4-16-7-9-17(10-8-16)13-19-14-18(11-12-20(19)21)15-25(22,23-5-2)24-6-3/h7-12,14,21H,4-6,13,15H2,1-3H3. The first-order valence-corrected chi connectivity index (χ1v) is 10.5. The highest BCUT2D eigenvalue weighted by molar-refractivity contribution is 7.53. The normalized spacial score (nSPS) is 11.6. The van der Waals surface area contributed by atoms with Crippen molar-refractivity contribution in [1.29, 1.82) is 0 Å². The molecule has 1 N–H and O–H groups in total. The fourth-order valence-corrected chi connectivity index (χ4v) is 4.42. The van der Waals surface area contributed by atoms with E-state index >= 15 is 0 Å². The van der Waals surface area contributed by atoms with Crippen molar-refractivity contribution in [2.24, 2.45) is 0 Å². The maximum absolute atomic E-state index is 12.7. The van der Waals surface area contributed by atoms with Crippen molar-refractivity contribution in [2.45, 2.75) is 39.8 Å². The molecule has 2 rings (SSSR count). The van der Waals surface area contributed by atoms with Crippen LogP contribution in [0.3, 0.4) is 0 Å². The molecule has 2 aromatic rings. The highest BCUT2D eigenvalue weighted by Gasteiger charge is 2.24. The van der Waals surface area contributed by atoms with Gasteiger partial charge in [-0.2, -0.15) is 0 Å². The van der Waals surface area contributed by atoms with Gasteiger partial charge in [-0.25, -0.2) is 0 Å². The summed E-state index contributed by atoms with van der Waals surface area (Å²) in [5.74, 6) is 0.242. The summed E-state index contributed by atoms with van der Waals surface area (Å²) in [5.41, 5.74) is 4.06. The topological polar surface area (TPSA) is 55.8 Å². The Morgan fingerprint density at radius 3 is 2.00 bits per heavy atom. The van der Waals surface area contributed by atoms with Crippen molar-refractivity contribution in [3.8, 4) is 5.75 Å². The van der Waals surface area contributed by atoms with Gasteiger partial charge in [0.1, 0.15) is 5.75 Å². The third kappa shape index (κ3) is 5.71. The molecule has 136 valence electrons. The van der Waals surface area contributed by atoms with Crippen LogP contribution in [-0.4, -0.2) is 18.3 Å². The molecule has 0 atom stereocenters. The highest BCUT2D eigenvalue weighted by Crippen LogP contribution is 2.51. The Kier molecular flexibility index (Phi) is 7.24. The third-order valence-electron chi connectivity index (χ3n) is 4.00. The van der Waals surface area contributed by atoms with Gasteiger partial charge in [0.25, 0.3) is 0 Å². The van der Waals surface area contributed by atoms with E-state index in [0.29, 0.717) is 19.6 Å². The minimum Gasteiger partial charge on any atom is -0.508 e. The van der Waals surface area contributed by atoms with Gasteiger partial charge in [0.2, 0.25) is 0 Å². The average molecular weight is 362 g/mol. The molecule has 0 spiro atoms. The summed E-state index contributed by atoms with van der Waals surface area (Å²) in [7, 11) is -3.15. The second-order valence-electron chi connectivity index (χ2n) is 5.91. The summed E-state index contributed by atoms with van der Waals surface area (Å²) in [6.07, 6.45) is 1.83. The number of aryl methyl sites for hydroxylation is 1. The van der Waals surface area contributed by atoms with E-state index in [4.69, 9.17) is 9.05 Å². The van der Waals surface area contributed by atoms with Crippen LogP contribution in [0.5, 0.6) is 5.75 Å². The van der Waals surface area contributed by atoms with Gasteiger partial charge in [-0.1, -0.05) is 43.3 Å². The Bertz CT molecular complexity index is 715. The lowest BCUT2D eigenvalue weighted by Gasteiger charge is -2.17. The van der Waals surface area contributed by atoms with Crippen molar-refractivity contribution in [3.05, 3.63) is 64.7 Å². The smallest absolute Gasteiger partial charge is 0.335 e. The van der Waals surface area contributed by atoms with Crippen LogP contribution in [0.25, 0.3) is 0 Å². The van der Waals surface area contributed by atoms with Gasteiger partial charge in [-0.05, 0) is 48.6 Å². The van der Waals surface area contributed by atoms with Crippen LogP contribution in [0.2, 0.25) is 0 Å². The Morgan fingerprint density at radius 2 is 1.44 bits per heavy atom. The van der Waals surface area contributed by atoms with E-state index in [1.54, 1.807) is 26.0 Å². The minimum atomic E-state index is -3.15. The maximum Gasteiger partial charge on any atom is 0.335 e. The average Bonchev–Trinajstić information content (AvgIpc) is 2.59. The fourth-order valence-electron chi connectivity index (χ4n) is 2.74. The lowest BCUT2D eigenvalue weighted by Crippen LogP contribution is -2.00. The van der Waals surface area contributed by atoms with E-state index in [0.717, 1.165) is 23.1 Å². The zero-order valence-electron chi connectivity index (χ0n) is 15.2. The molecule has 2 aromatic carbocycles. The molecule has 0 heterocycles. The Morgan fingerprint density at radius 1 is 0.880 bits per heavy atom. The molecule has 0 aromatic heterocycles.